The van der Waals surface area contributed by atoms with Crippen LogP contribution in [0.4, 0.5) is 5.88 Å². The van der Waals surface area contributed by atoms with Crippen LogP contribution in [0.15, 0.2) is 33.3 Å². The van der Waals surface area contributed by atoms with Crippen molar-refractivity contribution in [1.82, 2.24) is 5.16 Å². The van der Waals surface area contributed by atoms with E-state index in [4.69, 9.17) is 10.3 Å². The topological polar surface area (TPSA) is 52.0 Å². The monoisotopic (exact) mass is 308 g/mol. The number of halogens is 1. The van der Waals surface area contributed by atoms with E-state index in [1.165, 1.54) is 0 Å². The summed E-state index contributed by atoms with van der Waals surface area (Å²) >= 11 is 3.48. The van der Waals surface area contributed by atoms with Crippen molar-refractivity contribution in [2.45, 2.75) is 32.6 Å². The molecule has 1 heterocycles. The fourth-order valence-corrected chi connectivity index (χ4v) is 2.60. The average molecular weight is 309 g/mol. The van der Waals surface area contributed by atoms with Crippen LogP contribution in [0, 0.1) is 0 Å². The summed E-state index contributed by atoms with van der Waals surface area (Å²) in [6.07, 6.45) is 2.06. The Morgan fingerprint density at radius 1 is 1.33 bits per heavy atom. The maximum atomic E-state index is 5.93. The van der Waals surface area contributed by atoms with Crippen molar-refractivity contribution in [1.29, 1.82) is 0 Å². The van der Waals surface area contributed by atoms with E-state index in [0.717, 1.165) is 34.1 Å². The molecule has 1 aromatic heterocycles. The Bertz CT molecular complexity index is 532. The molecule has 0 aliphatic carbocycles. The van der Waals surface area contributed by atoms with Crippen molar-refractivity contribution in [3.8, 4) is 11.1 Å². The van der Waals surface area contributed by atoms with Crippen molar-refractivity contribution in [3.63, 3.8) is 0 Å². The van der Waals surface area contributed by atoms with Crippen LogP contribution in [-0.2, 0) is 0 Å². The number of aromatic nitrogens is 1. The maximum Gasteiger partial charge on any atom is 0.230 e. The lowest BCUT2D eigenvalue weighted by Crippen LogP contribution is -1.98. The minimum Gasteiger partial charge on any atom is -0.367 e. The van der Waals surface area contributed by atoms with E-state index in [0.29, 0.717) is 11.8 Å². The summed E-state index contributed by atoms with van der Waals surface area (Å²) in [7, 11) is 0. The van der Waals surface area contributed by atoms with E-state index in [1.54, 1.807) is 0 Å². The normalized spacial score (nSPS) is 11.1. The lowest BCUT2D eigenvalue weighted by Gasteiger charge is -2.11. The molecule has 2 rings (SSSR count). The molecule has 0 fully saturated rings. The fourth-order valence-electron chi connectivity index (χ4n) is 2.20. The molecule has 0 spiro atoms. The predicted octanol–water partition coefficient (Wildman–Crippen LogP) is 4.59. The Morgan fingerprint density at radius 3 is 2.67 bits per heavy atom. The molecule has 0 atom stereocenters. The second-order valence-electron chi connectivity index (χ2n) is 4.33. The molecule has 18 heavy (non-hydrogen) atoms. The first-order chi connectivity index (χ1) is 8.67. The van der Waals surface area contributed by atoms with E-state index in [1.807, 2.05) is 24.3 Å². The molecule has 0 unspecified atom stereocenters. The van der Waals surface area contributed by atoms with Gasteiger partial charge in [-0.2, -0.15) is 0 Å². The lowest BCUT2D eigenvalue weighted by molar-refractivity contribution is 0.416. The van der Waals surface area contributed by atoms with Gasteiger partial charge in [-0.3, -0.25) is 0 Å². The number of nitrogens with zero attached hydrogens (tertiary/aromatic N) is 1. The number of anilines is 1. The van der Waals surface area contributed by atoms with Gasteiger partial charge in [0, 0.05) is 10.4 Å². The van der Waals surface area contributed by atoms with Crippen molar-refractivity contribution in [2.24, 2.45) is 0 Å². The minimum absolute atomic E-state index is 0.389. The third kappa shape index (κ3) is 2.43. The van der Waals surface area contributed by atoms with E-state index >= 15 is 0 Å². The molecule has 4 heteroatoms. The summed E-state index contributed by atoms with van der Waals surface area (Å²) < 4.78 is 6.21. The molecule has 0 bridgehead atoms. The SMILES string of the molecule is CCC(CC)c1noc(N)c1-c1cccc(Br)c1. The highest BCUT2D eigenvalue weighted by Gasteiger charge is 2.21. The lowest BCUT2D eigenvalue weighted by atomic mass is 9.93. The standard InChI is InChI=1S/C14H17BrN2O/c1-3-9(4-2)13-12(14(16)18-17-13)10-6-5-7-11(15)8-10/h5-9H,3-4,16H2,1-2H3. The number of hydrogen-bond acceptors (Lipinski definition) is 3. The highest BCUT2D eigenvalue weighted by Crippen LogP contribution is 2.37. The smallest absolute Gasteiger partial charge is 0.230 e. The highest BCUT2D eigenvalue weighted by molar-refractivity contribution is 9.10. The quantitative estimate of drug-likeness (QED) is 0.898. The van der Waals surface area contributed by atoms with Gasteiger partial charge in [0.2, 0.25) is 5.88 Å². The van der Waals surface area contributed by atoms with Crippen LogP contribution < -0.4 is 5.73 Å². The van der Waals surface area contributed by atoms with Crippen molar-refractivity contribution >= 4 is 21.8 Å². The summed E-state index contributed by atoms with van der Waals surface area (Å²) in [6.45, 7) is 4.31. The molecular formula is C14H17BrN2O. The Morgan fingerprint density at radius 2 is 2.06 bits per heavy atom. The van der Waals surface area contributed by atoms with Gasteiger partial charge < -0.3 is 10.3 Å². The molecule has 96 valence electrons. The molecule has 0 amide bonds. The van der Waals surface area contributed by atoms with Crippen LogP contribution in [0.3, 0.4) is 0 Å². The van der Waals surface area contributed by atoms with Crippen LogP contribution in [0.1, 0.15) is 38.3 Å². The molecule has 0 saturated heterocycles. The van der Waals surface area contributed by atoms with Gasteiger partial charge in [-0.15, -0.1) is 0 Å². The van der Waals surface area contributed by atoms with Crippen LogP contribution >= 0.6 is 15.9 Å². The highest BCUT2D eigenvalue weighted by atomic mass is 79.9. The van der Waals surface area contributed by atoms with Gasteiger partial charge in [-0.05, 0) is 30.5 Å². The van der Waals surface area contributed by atoms with Gasteiger partial charge >= 0.3 is 0 Å². The van der Waals surface area contributed by atoms with Crippen molar-refractivity contribution < 1.29 is 4.52 Å². The van der Waals surface area contributed by atoms with E-state index in [9.17, 15) is 0 Å². The summed E-state index contributed by atoms with van der Waals surface area (Å²) in [5.41, 5.74) is 8.88. The first-order valence-corrected chi connectivity index (χ1v) is 6.97. The van der Waals surface area contributed by atoms with Crippen molar-refractivity contribution in [2.75, 3.05) is 5.73 Å². The molecule has 0 aliphatic heterocycles. The predicted molar refractivity (Wildman–Crippen MR) is 77.4 cm³/mol. The zero-order valence-electron chi connectivity index (χ0n) is 10.6. The Kier molecular flexibility index (Phi) is 4.07. The Hall–Kier alpha value is -1.29. The fraction of sp³-hybridized carbons (Fsp3) is 0.357. The first kappa shape index (κ1) is 13.1. The maximum absolute atomic E-state index is 5.93. The number of nitrogens with two attached hydrogens (primary N) is 1. The average Bonchev–Trinajstić information content (AvgIpc) is 2.73. The first-order valence-electron chi connectivity index (χ1n) is 6.18. The van der Waals surface area contributed by atoms with E-state index < -0.39 is 0 Å². The third-order valence-electron chi connectivity index (χ3n) is 3.23. The minimum atomic E-state index is 0.389. The van der Waals surface area contributed by atoms with Crippen LogP contribution in [0.5, 0.6) is 0 Å². The molecule has 0 saturated carbocycles. The summed E-state index contributed by atoms with van der Waals surface area (Å²) in [5.74, 6) is 0.787. The zero-order valence-corrected chi connectivity index (χ0v) is 12.2. The van der Waals surface area contributed by atoms with Gasteiger partial charge in [0.1, 0.15) is 0 Å². The summed E-state index contributed by atoms with van der Waals surface area (Å²) in [5, 5.41) is 4.15. The molecular weight excluding hydrogens is 292 g/mol. The van der Waals surface area contributed by atoms with Gasteiger partial charge in [0.15, 0.2) is 0 Å². The Balaban J connectivity index is 2.53. The molecule has 1 aromatic carbocycles. The molecule has 0 aliphatic rings. The van der Waals surface area contributed by atoms with Gasteiger partial charge in [-0.25, -0.2) is 0 Å². The molecule has 2 aromatic rings. The number of rotatable bonds is 4. The number of hydrogen-bond donors (Lipinski definition) is 1. The van der Waals surface area contributed by atoms with Gasteiger partial charge in [0.25, 0.3) is 0 Å². The van der Waals surface area contributed by atoms with Gasteiger partial charge in [-0.1, -0.05) is 47.1 Å². The van der Waals surface area contributed by atoms with Crippen LogP contribution in [0.25, 0.3) is 11.1 Å². The van der Waals surface area contributed by atoms with Crippen LogP contribution in [0.2, 0.25) is 0 Å². The van der Waals surface area contributed by atoms with E-state index in [-0.39, 0.29) is 0 Å². The second kappa shape index (κ2) is 5.57. The van der Waals surface area contributed by atoms with Crippen molar-refractivity contribution in [3.05, 3.63) is 34.4 Å². The molecule has 2 N–H and O–H groups in total. The van der Waals surface area contributed by atoms with E-state index in [2.05, 4.69) is 34.9 Å². The Labute approximate surface area is 115 Å². The molecule has 0 radical (unpaired) electrons. The summed E-state index contributed by atoms with van der Waals surface area (Å²) in [6, 6.07) is 8.04. The van der Waals surface area contributed by atoms with Gasteiger partial charge in [0.05, 0.1) is 11.3 Å². The zero-order chi connectivity index (χ0) is 13.1. The molecule has 3 nitrogen and oxygen atoms in total. The van der Waals surface area contributed by atoms with Crippen LogP contribution in [-0.4, -0.2) is 5.16 Å². The third-order valence-corrected chi connectivity index (χ3v) is 3.72. The summed E-state index contributed by atoms with van der Waals surface area (Å²) in [4.78, 5) is 0. The number of benzene rings is 1. The second-order valence-corrected chi connectivity index (χ2v) is 5.25. The number of nitrogen functional groups attached to an aromatic ring is 1. The largest absolute Gasteiger partial charge is 0.367 e.